The van der Waals surface area contributed by atoms with Crippen molar-refractivity contribution in [3.05, 3.63) is 30.6 Å². The summed E-state index contributed by atoms with van der Waals surface area (Å²) in [5.41, 5.74) is 0. The molecule has 128 valence electrons. The summed E-state index contributed by atoms with van der Waals surface area (Å²) in [7, 11) is -6.62. The van der Waals surface area contributed by atoms with Crippen molar-refractivity contribution in [1.29, 1.82) is 0 Å². The molecule has 1 heterocycles. The highest BCUT2D eigenvalue weighted by molar-refractivity contribution is 7.87. The number of hydrogen-bond acceptors (Lipinski definition) is 3. The normalized spacial score (nSPS) is 13.3. The molecule has 1 aromatic rings. The van der Waals surface area contributed by atoms with Gasteiger partial charge in [0.25, 0.3) is 0 Å². The Labute approximate surface area is 122 Å². The van der Waals surface area contributed by atoms with Crippen molar-refractivity contribution in [2.45, 2.75) is 36.9 Å². The quantitative estimate of drug-likeness (QED) is 0.649. The average molecular weight is 353 g/mol. The molecule has 1 aromatic heterocycles. The van der Waals surface area contributed by atoms with E-state index >= 15 is 0 Å². The Morgan fingerprint density at radius 3 is 1.68 bits per heavy atom. The van der Waals surface area contributed by atoms with Gasteiger partial charge in [0.05, 0.1) is 0 Å². The summed E-state index contributed by atoms with van der Waals surface area (Å²) in [6.45, 7) is 1.02. The Morgan fingerprint density at radius 1 is 1.00 bits per heavy atom. The van der Waals surface area contributed by atoms with Crippen LogP contribution in [0.1, 0.15) is 19.8 Å². The van der Waals surface area contributed by atoms with Gasteiger partial charge in [0.15, 0.2) is 0 Å². The van der Waals surface area contributed by atoms with Crippen LogP contribution in [0.3, 0.4) is 0 Å². The fourth-order valence-electron chi connectivity index (χ4n) is 1.16. The van der Waals surface area contributed by atoms with E-state index in [0.29, 0.717) is 0 Å². The fraction of sp³-hybridized carbons (Fsp3) is 0.545. The average Bonchev–Trinajstić information content (AvgIpc) is 2.39. The van der Waals surface area contributed by atoms with Crippen LogP contribution in [0.2, 0.25) is 0 Å². The molecule has 0 saturated heterocycles. The van der Waals surface area contributed by atoms with Crippen LogP contribution in [-0.2, 0) is 10.1 Å². The lowest BCUT2D eigenvalue weighted by Crippen LogP contribution is -2.57. The number of rotatable bonds is 5. The SMILES string of the molecule is CCCC(F)(F)C(F)(F)C(F)(F)S(=O)(=O)O.c1ccncc1. The Kier molecular flexibility index (Phi) is 6.82. The first-order valence-corrected chi connectivity index (χ1v) is 7.20. The molecule has 0 amide bonds. The van der Waals surface area contributed by atoms with Gasteiger partial charge in [-0.2, -0.15) is 34.8 Å². The van der Waals surface area contributed by atoms with Crippen LogP contribution in [0, 0.1) is 0 Å². The number of nitrogens with zero attached hydrogens (tertiary/aromatic N) is 1. The van der Waals surface area contributed by atoms with E-state index < -0.39 is 40.1 Å². The van der Waals surface area contributed by atoms with Crippen LogP contribution >= 0.6 is 0 Å². The van der Waals surface area contributed by atoms with E-state index in [1.807, 2.05) is 18.2 Å². The third-order valence-corrected chi connectivity index (χ3v) is 3.18. The fourth-order valence-corrected chi connectivity index (χ4v) is 1.63. The summed E-state index contributed by atoms with van der Waals surface area (Å²) in [6.07, 6.45) is 1.30. The van der Waals surface area contributed by atoms with Gasteiger partial charge in [0.1, 0.15) is 0 Å². The number of aromatic nitrogens is 1. The van der Waals surface area contributed by atoms with Crippen molar-refractivity contribution < 1.29 is 39.3 Å². The first-order chi connectivity index (χ1) is 9.81. The van der Waals surface area contributed by atoms with E-state index in [4.69, 9.17) is 4.55 Å². The molecule has 0 radical (unpaired) electrons. The van der Waals surface area contributed by atoms with Crippen LogP contribution in [0.5, 0.6) is 0 Å². The molecule has 0 saturated carbocycles. The van der Waals surface area contributed by atoms with Gasteiger partial charge >= 0.3 is 27.2 Å². The highest BCUT2D eigenvalue weighted by Crippen LogP contribution is 2.49. The molecule has 0 fully saturated rings. The maximum atomic E-state index is 12.6. The minimum atomic E-state index is -6.62. The predicted octanol–water partition coefficient (Wildman–Crippen LogP) is 3.62. The van der Waals surface area contributed by atoms with Gasteiger partial charge in [0, 0.05) is 18.8 Å². The lowest BCUT2D eigenvalue weighted by atomic mass is 10.1. The Balaban J connectivity index is 0.000000604. The summed E-state index contributed by atoms with van der Waals surface area (Å²) in [5.74, 6) is -11.4. The highest BCUT2D eigenvalue weighted by Gasteiger charge is 2.76. The summed E-state index contributed by atoms with van der Waals surface area (Å²) < 4.78 is 103. The van der Waals surface area contributed by atoms with Crippen LogP contribution in [0.4, 0.5) is 26.3 Å². The molecule has 0 bridgehead atoms. The largest absolute Gasteiger partial charge is 0.437 e. The zero-order valence-electron chi connectivity index (χ0n) is 11.2. The molecule has 11 heteroatoms. The van der Waals surface area contributed by atoms with Crippen LogP contribution in [-0.4, -0.2) is 35.1 Å². The van der Waals surface area contributed by atoms with Gasteiger partial charge in [-0.3, -0.25) is 9.54 Å². The molecule has 0 atom stereocenters. The molecule has 1 N–H and O–H groups in total. The highest BCUT2D eigenvalue weighted by atomic mass is 32.2. The maximum Gasteiger partial charge on any atom is 0.437 e. The van der Waals surface area contributed by atoms with Gasteiger partial charge in [0.2, 0.25) is 0 Å². The molecule has 0 aliphatic rings. The van der Waals surface area contributed by atoms with Crippen molar-refractivity contribution in [3.63, 3.8) is 0 Å². The summed E-state index contributed by atoms with van der Waals surface area (Å²) >= 11 is 0. The molecule has 22 heavy (non-hydrogen) atoms. The standard InChI is InChI=1S/C6H8F6O3S.C5H5N/c1-2-3-4(7,8)5(9,10)6(11,12)16(13,14)15;1-2-4-6-5-3-1/h2-3H2,1H3,(H,13,14,15);1-5H. The lowest BCUT2D eigenvalue weighted by Gasteiger charge is -2.30. The molecular formula is C11H13F6NO3S. The molecule has 0 aliphatic carbocycles. The molecule has 0 aromatic carbocycles. The molecule has 0 aliphatic heterocycles. The molecule has 0 spiro atoms. The van der Waals surface area contributed by atoms with Gasteiger partial charge in [-0.25, -0.2) is 0 Å². The Morgan fingerprint density at radius 2 is 1.45 bits per heavy atom. The number of pyridine rings is 1. The third kappa shape index (κ3) is 4.57. The first kappa shape index (κ1) is 20.6. The van der Waals surface area contributed by atoms with Gasteiger partial charge < -0.3 is 0 Å². The van der Waals surface area contributed by atoms with E-state index in [1.54, 1.807) is 12.4 Å². The van der Waals surface area contributed by atoms with Crippen LogP contribution in [0.15, 0.2) is 30.6 Å². The van der Waals surface area contributed by atoms with Gasteiger partial charge in [-0.15, -0.1) is 0 Å². The zero-order chi connectivity index (χ0) is 17.7. The maximum absolute atomic E-state index is 12.6. The van der Waals surface area contributed by atoms with E-state index in [1.165, 1.54) is 0 Å². The minimum Gasteiger partial charge on any atom is -0.281 e. The van der Waals surface area contributed by atoms with E-state index in [9.17, 15) is 34.8 Å². The van der Waals surface area contributed by atoms with Crippen molar-refractivity contribution in [3.8, 4) is 0 Å². The number of halogens is 6. The van der Waals surface area contributed by atoms with Crippen LogP contribution < -0.4 is 0 Å². The summed E-state index contributed by atoms with van der Waals surface area (Å²) in [5, 5.41) is -6.24. The second-order valence-corrected chi connectivity index (χ2v) is 5.51. The van der Waals surface area contributed by atoms with Crippen molar-refractivity contribution >= 4 is 10.1 Å². The third-order valence-electron chi connectivity index (χ3n) is 2.28. The zero-order valence-corrected chi connectivity index (χ0v) is 12.0. The van der Waals surface area contributed by atoms with Gasteiger partial charge in [-0.05, 0) is 12.1 Å². The first-order valence-electron chi connectivity index (χ1n) is 5.76. The van der Waals surface area contributed by atoms with Crippen molar-refractivity contribution in [2.75, 3.05) is 0 Å². The van der Waals surface area contributed by atoms with Crippen LogP contribution in [0.25, 0.3) is 0 Å². The second-order valence-electron chi connectivity index (χ2n) is 4.05. The number of hydrogen-bond donors (Lipinski definition) is 1. The lowest BCUT2D eigenvalue weighted by molar-refractivity contribution is -0.282. The minimum absolute atomic E-state index is 0.565. The van der Waals surface area contributed by atoms with Crippen molar-refractivity contribution in [2.24, 2.45) is 0 Å². The summed E-state index contributed by atoms with van der Waals surface area (Å²) in [4.78, 5) is 3.78. The smallest absolute Gasteiger partial charge is 0.281 e. The molecule has 4 nitrogen and oxygen atoms in total. The summed E-state index contributed by atoms with van der Waals surface area (Å²) in [6, 6.07) is 5.72. The van der Waals surface area contributed by atoms with E-state index in [-0.39, 0.29) is 0 Å². The predicted molar refractivity (Wildman–Crippen MR) is 65.5 cm³/mol. The Bertz CT molecular complexity index is 523. The van der Waals surface area contributed by atoms with Gasteiger partial charge in [-0.1, -0.05) is 19.4 Å². The molecular weight excluding hydrogens is 340 g/mol. The number of alkyl halides is 6. The van der Waals surface area contributed by atoms with Crippen molar-refractivity contribution in [1.82, 2.24) is 4.98 Å². The molecule has 0 unspecified atom stereocenters. The second kappa shape index (κ2) is 7.27. The Hall–Kier alpha value is -1.36. The molecule has 1 rings (SSSR count). The monoisotopic (exact) mass is 353 g/mol. The van der Waals surface area contributed by atoms with E-state index in [0.717, 1.165) is 6.92 Å². The topological polar surface area (TPSA) is 67.3 Å². The van der Waals surface area contributed by atoms with E-state index in [2.05, 4.69) is 4.98 Å².